The van der Waals surface area contributed by atoms with Crippen molar-refractivity contribution in [3.8, 4) is 11.5 Å². The molecule has 2 rings (SSSR count). The van der Waals surface area contributed by atoms with Gasteiger partial charge in [0.2, 0.25) is 0 Å². The summed E-state index contributed by atoms with van der Waals surface area (Å²) in [4.78, 5) is 23.6. The van der Waals surface area contributed by atoms with Crippen molar-refractivity contribution in [1.82, 2.24) is 0 Å². The van der Waals surface area contributed by atoms with Gasteiger partial charge in [-0.2, -0.15) is 0 Å². The lowest BCUT2D eigenvalue weighted by atomic mass is 10.2. The van der Waals surface area contributed by atoms with Gasteiger partial charge in [0.25, 0.3) is 5.91 Å². The zero-order valence-corrected chi connectivity index (χ0v) is 13.5. The van der Waals surface area contributed by atoms with Crippen molar-refractivity contribution >= 4 is 17.6 Å². The van der Waals surface area contributed by atoms with Crippen LogP contribution in [0.3, 0.4) is 0 Å². The van der Waals surface area contributed by atoms with Crippen molar-refractivity contribution in [3.05, 3.63) is 53.6 Å². The molecule has 25 heavy (non-hydrogen) atoms. The highest BCUT2D eigenvalue weighted by Crippen LogP contribution is 2.25. The Kier molecular flexibility index (Phi) is 5.89. The number of rotatable bonds is 6. The molecule has 132 valence electrons. The van der Waals surface area contributed by atoms with Crippen molar-refractivity contribution in [2.45, 2.75) is 0 Å². The third-order valence-corrected chi connectivity index (χ3v) is 3.12. The molecule has 0 spiro atoms. The van der Waals surface area contributed by atoms with Crippen LogP contribution in [0.1, 0.15) is 10.4 Å². The maximum absolute atomic E-state index is 13.1. The number of methoxy groups -OCH3 is 2. The van der Waals surface area contributed by atoms with Crippen LogP contribution < -0.4 is 14.8 Å². The van der Waals surface area contributed by atoms with Crippen molar-refractivity contribution in [3.63, 3.8) is 0 Å². The minimum absolute atomic E-state index is 0.199. The zero-order chi connectivity index (χ0) is 18.4. The van der Waals surface area contributed by atoms with Crippen LogP contribution in [0.2, 0.25) is 0 Å². The average Bonchev–Trinajstić information content (AvgIpc) is 2.61. The number of halogens is 2. The third-order valence-electron chi connectivity index (χ3n) is 3.12. The summed E-state index contributed by atoms with van der Waals surface area (Å²) in [5.74, 6) is -2.89. The van der Waals surface area contributed by atoms with Crippen LogP contribution in [0.4, 0.5) is 14.5 Å². The van der Waals surface area contributed by atoms with Crippen LogP contribution in [0.5, 0.6) is 11.5 Å². The van der Waals surface area contributed by atoms with E-state index in [0.717, 1.165) is 12.1 Å². The molecule has 2 aromatic carbocycles. The molecular formula is C17H15F2NO5. The molecule has 1 amide bonds. The highest BCUT2D eigenvalue weighted by molar-refractivity contribution is 5.95. The molecule has 0 fully saturated rings. The van der Waals surface area contributed by atoms with Gasteiger partial charge >= 0.3 is 5.97 Å². The fourth-order valence-corrected chi connectivity index (χ4v) is 1.91. The predicted molar refractivity (Wildman–Crippen MR) is 84.8 cm³/mol. The van der Waals surface area contributed by atoms with Gasteiger partial charge in [0.1, 0.15) is 11.5 Å². The molecule has 0 aliphatic heterocycles. The fourth-order valence-electron chi connectivity index (χ4n) is 1.91. The second kappa shape index (κ2) is 8.09. The zero-order valence-electron chi connectivity index (χ0n) is 13.5. The van der Waals surface area contributed by atoms with E-state index in [2.05, 4.69) is 5.32 Å². The molecule has 0 aliphatic rings. The van der Waals surface area contributed by atoms with E-state index in [1.54, 1.807) is 18.2 Å². The quantitative estimate of drug-likeness (QED) is 0.810. The predicted octanol–water partition coefficient (Wildman–Crippen LogP) is 2.78. The molecule has 1 N–H and O–H groups in total. The van der Waals surface area contributed by atoms with Crippen LogP contribution in [-0.2, 0) is 9.53 Å². The van der Waals surface area contributed by atoms with E-state index in [1.165, 1.54) is 14.2 Å². The molecule has 0 aromatic heterocycles. The fraction of sp³-hybridized carbons (Fsp3) is 0.176. The minimum Gasteiger partial charge on any atom is -0.497 e. The van der Waals surface area contributed by atoms with Crippen molar-refractivity contribution < 1.29 is 32.6 Å². The lowest BCUT2D eigenvalue weighted by molar-refractivity contribution is -0.119. The van der Waals surface area contributed by atoms with Gasteiger partial charge in [-0.3, -0.25) is 4.79 Å². The summed E-state index contributed by atoms with van der Waals surface area (Å²) < 4.78 is 40.8. The molecule has 0 aliphatic carbocycles. The molecule has 0 saturated heterocycles. The van der Waals surface area contributed by atoms with E-state index >= 15 is 0 Å². The first kappa shape index (κ1) is 18.2. The lowest BCUT2D eigenvalue weighted by Gasteiger charge is -2.10. The normalized spacial score (nSPS) is 10.1. The Morgan fingerprint density at radius 3 is 2.16 bits per heavy atom. The van der Waals surface area contributed by atoms with E-state index in [0.29, 0.717) is 23.3 Å². The van der Waals surface area contributed by atoms with Crippen molar-refractivity contribution in [2.24, 2.45) is 0 Å². The van der Waals surface area contributed by atoms with Crippen LogP contribution >= 0.6 is 0 Å². The number of carbonyl (C=O) groups excluding carboxylic acids is 2. The van der Waals surface area contributed by atoms with Crippen molar-refractivity contribution in [2.75, 3.05) is 26.1 Å². The van der Waals surface area contributed by atoms with Gasteiger partial charge in [-0.25, -0.2) is 13.6 Å². The molecule has 0 unspecified atom stereocenters. The molecular weight excluding hydrogens is 336 g/mol. The number of hydrogen-bond acceptors (Lipinski definition) is 5. The monoisotopic (exact) mass is 351 g/mol. The number of benzene rings is 2. The molecule has 0 saturated carbocycles. The summed E-state index contributed by atoms with van der Waals surface area (Å²) in [6.45, 7) is -0.600. The first-order chi connectivity index (χ1) is 11.9. The van der Waals surface area contributed by atoms with Crippen LogP contribution in [0, 0.1) is 11.6 Å². The minimum atomic E-state index is -1.18. The number of carbonyl (C=O) groups is 2. The lowest BCUT2D eigenvalue weighted by Crippen LogP contribution is -2.21. The number of anilines is 1. The van der Waals surface area contributed by atoms with E-state index in [9.17, 15) is 18.4 Å². The summed E-state index contributed by atoms with van der Waals surface area (Å²) in [5, 5.41) is 2.51. The van der Waals surface area contributed by atoms with E-state index in [-0.39, 0.29) is 5.56 Å². The standard InChI is InChI=1S/C17H15F2NO5/c1-23-12-6-11(7-13(8-12)24-2)20-16(21)9-25-17(22)10-3-4-14(18)15(19)5-10/h3-8H,9H2,1-2H3,(H,20,21). The second-order valence-corrected chi connectivity index (χ2v) is 4.85. The number of esters is 1. The summed E-state index contributed by atoms with van der Waals surface area (Å²) in [7, 11) is 2.92. The Labute approximate surface area is 142 Å². The van der Waals surface area contributed by atoms with Gasteiger partial charge < -0.3 is 19.5 Å². The Hall–Kier alpha value is -3.16. The maximum atomic E-state index is 13.1. The summed E-state index contributed by atoms with van der Waals surface area (Å²) in [6.07, 6.45) is 0. The van der Waals surface area contributed by atoms with Crippen LogP contribution in [0.25, 0.3) is 0 Å². The van der Waals surface area contributed by atoms with E-state index < -0.39 is 30.1 Å². The number of amides is 1. The second-order valence-electron chi connectivity index (χ2n) is 4.85. The summed E-state index contributed by atoms with van der Waals surface area (Å²) >= 11 is 0. The van der Waals surface area contributed by atoms with Crippen LogP contribution in [-0.4, -0.2) is 32.7 Å². The van der Waals surface area contributed by atoms with Gasteiger partial charge in [0.15, 0.2) is 18.2 Å². The summed E-state index contributed by atoms with van der Waals surface area (Å²) in [5.41, 5.74) is 0.180. The number of ether oxygens (including phenoxy) is 3. The van der Waals surface area contributed by atoms with Crippen LogP contribution in [0.15, 0.2) is 36.4 Å². The SMILES string of the molecule is COc1cc(NC(=O)COC(=O)c2ccc(F)c(F)c2)cc(OC)c1. The number of hydrogen-bond donors (Lipinski definition) is 1. The topological polar surface area (TPSA) is 73.9 Å². The Bertz CT molecular complexity index is 772. The molecule has 6 nitrogen and oxygen atoms in total. The average molecular weight is 351 g/mol. The number of nitrogens with one attached hydrogen (secondary N) is 1. The van der Waals surface area contributed by atoms with Gasteiger partial charge in [-0.1, -0.05) is 0 Å². The smallest absolute Gasteiger partial charge is 0.338 e. The molecule has 0 radical (unpaired) electrons. The Morgan fingerprint density at radius 2 is 1.60 bits per heavy atom. The first-order valence-electron chi connectivity index (χ1n) is 7.08. The largest absolute Gasteiger partial charge is 0.497 e. The Balaban J connectivity index is 1.96. The third kappa shape index (κ3) is 4.90. The molecule has 0 bridgehead atoms. The van der Waals surface area contributed by atoms with Gasteiger partial charge in [0, 0.05) is 23.9 Å². The Morgan fingerprint density at radius 1 is 0.960 bits per heavy atom. The summed E-state index contributed by atoms with van der Waals surface area (Å²) in [6, 6.07) is 7.29. The van der Waals surface area contributed by atoms with Gasteiger partial charge in [-0.15, -0.1) is 0 Å². The van der Waals surface area contributed by atoms with Gasteiger partial charge in [-0.05, 0) is 18.2 Å². The first-order valence-corrected chi connectivity index (χ1v) is 7.08. The molecule has 8 heteroatoms. The molecule has 0 heterocycles. The highest BCUT2D eigenvalue weighted by Gasteiger charge is 2.13. The molecule has 0 atom stereocenters. The van der Waals surface area contributed by atoms with E-state index in [1.807, 2.05) is 0 Å². The van der Waals surface area contributed by atoms with E-state index in [4.69, 9.17) is 14.2 Å². The van der Waals surface area contributed by atoms with Crippen molar-refractivity contribution in [1.29, 1.82) is 0 Å². The highest BCUT2D eigenvalue weighted by atomic mass is 19.2. The molecule has 2 aromatic rings. The maximum Gasteiger partial charge on any atom is 0.338 e. The van der Waals surface area contributed by atoms with Gasteiger partial charge in [0.05, 0.1) is 19.8 Å².